The van der Waals surface area contributed by atoms with E-state index in [9.17, 15) is 0 Å². The van der Waals surface area contributed by atoms with Crippen LogP contribution in [0.15, 0.2) is 12.4 Å². The van der Waals surface area contributed by atoms with Gasteiger partial charge in [0, 0.05) is 19.2 Å². The number of nitrogens with zero attached hydrogens (tertiary/aromatic N) is 5. The molecule has 0 amide bonds. The molecule has 2 aliphatic rings. The molecule has 3 unspecified atom stereocenters. The summed E-state index contributed by atoms with van der Waals surface area (Å²) < 4.78 is 11.8. The number of hydrogen-bond donors (Lipinski definition) is 2. The molecule has 9 nitrogen and oxygen atoms in total. The fourth-order valence-electron chi connectivity index (χ4n) is 3.92. The van der Waals surface area contributed by atoms with Gasteiger partial charge in [-0.05, 0) is 25.7 Å². The lowest BCUT2D eigenvalue weighted by Crippen LogP contribution is -2.43. The SMILES string of the molecule is Cc1nc(C2CN(c3cc(NC4CCCOC4C(C)C)ncn3)CCO2)n[nH]1. The Bertz CT molecular complexity index is 781. The molecule has 0 radical (unpaired) electrons. The zero-order chi connectivity index (χ0) is 19.5. The Labute approximate surface area is 165 Å². The number of hydrogen-bond acceptors (Lipinski definition) is 8. The Morgan fingerprint density at radius 3 is 2.93 bits per heavy atom. The first-order valence-electron chi connectivity index (χ1n) is 10.1. The molecule has 9 heteroatoms. The van der Waals surface area contributed by atoms with Crippen LogP contribution in [0, 0.1) is 12.8 Å². The number of aromatic amines is 1. The number of nitrogens with one attached hydrogen (secondary N) is 2. The summed E-state index contributed by atoms with van der Waals surface area (Å²) in [5.74, 6) is 3.66. The predicted octanol–water partition coefficient (Wildman–Crippen LogP) is 2.10. The topological polar surface area (TPSA) is 101 Å². The summed E-state index contributed by atoms with van der Waals surface area (Å²) in [4.78, 5) is 15.5. The van der Waals surface area contributed by atoms with Gasteiger partial charge in [0.05, 0.1) is 25.3 Å². The van der Waals surface area contributed by atoms with Crippen LogP contribution >= 0.6 is 0 Å². The molecule has 28 heavy (non-hydrogen) atoms. The van der Waals surface area contributed by atoms with Crippen molar-refractivity contribution in [2.75, 3.05) is 36.5 Å². The molecule has 4 heterocycles. The van der Waals surface area contributed by atoms with E-state index >= 15 is 0 Å². The van der Waals surface area contributed by atoms with Crippen LogP contribution in [0.25, 0.3) is 0 Å². The molecule has 2 aromatic heterocycles. The number of H-pyrrole nitrogens is 1. The molecular formula is C19H29N7O2. The van der Waals surface area contributed by atoms with Crippen molar-refractivity contribution in [3.05, 3.63) is 24.0 Å². The van der Waals surface area contributed by atoms with Gasteiger partial charge in [-0.15, -0.1) is 0 Å². The van der Waals surface area contributed by atoms with Crippen molar-refractivity contribution in [1.82, 2.24) is 25.1 Å². The third-order valence-corrected chi connectivity index (χ3v) is 5.30. The molecule has 0 aromatic carbocycles. The number of anilines is 2. The van der Waals surface area contributed by atoms with Gasteiger partial charge in [-0.1, -0.05) is 13.8 Å². The Morgan fingerprint density at radius 1 is 1.25 bits per heavy atom. The summed E-state index contributed by atoms with van der Waals surface area (Å²) in [6, 6.07) is 2.28. The quantitative estimate of drug-likeness (QED) is 0.804. The van der Waals surface area contributed by atoms with Gasteiger partial charge in [-0.25, -0.2) is 15.0 Å². The van der Waals surface area contributed by atoms with E-state index in [2.05, 4.69) is 49.2 Å². The lowest BCUT2D eigenvalue weighted by atomic mass is 9.94. The van der Waals surface area contributed by atoms with Crippen molar-refractivity contribution >= 4 is 11.6 Å². The van der Waals surface area contributed by atoms with E-state index in [1.807, 2.05) is 13.0 Å². The first kappa shape index (κ1) is 19.1. The minimum absolute atomic E-state index is 0.165. The Morgan fingerprint density at radius 2 is 2.14 bits per heavy atom. The Balaban J connectivity index is 1.45. The fraction of sp³-hybridized carbons (Fsp3) is 0.684. The highest BCUT2D eigenvalue weighted by Gasteiger charge is 2.29. The van der Waals surface area contributed by atoms with Gasteiger partial charge in [-0.3, -0.25) is 5.10 Å². The van der Waals surface area contributed by atoms with Crippen molar-refractivity contribution in [2.24, 2.45) is 5.92 Å². The van der Waals surface area contributed by atoms with Crippen molar-refractivity contribution in [3.63, 3.8) is 0 Å². The molecule has 3 atom stereocenters. The van der Waals surface area contributed by atoms with Crippen LogP contribution < -0.4 is 10.2 Å². The fourth-order valence-corrected chi connectivity index (χ4v) is 3.92. The summed E-state index contributed by atoms with van der Waals surface area (Å²) in [6.45, 7) is 9.18. The van der Waals surface area contributed by atoms with Gasteiger partial charge >= 0.3 is 0 Å². The smallest absolute Gasteiger partial charge is 0.181 e. The maximum absolute atomic E-state index is 5.99. The Kier molecular flexibility index (Phi) is 5.72. The van der Waals surface area contributed by atoms with Crippen molar-refractivity contribution < 1.29 is 9.47 Å². The van der Waals surface area contributed by atoms with E-state index in [0.717, 1.165) is 43.5 Å². The van der Waals surface area contributed by atoms with E-state index in [-0.39, 0.29) is 18.2 Å². The molecule has 2 saturated heterocycles. The minimum atomic E-state index is -0.165. The second kappa shape index (κ2) is 8.40. The maximum atomic E-state index is 5.99. The third kappa shape index (κ3) is 4.25. The lowest BCUT2D eigenvalue weighted by molar-refractivity contribution is -0.0203. The highest BCUT2D eigenvalue weighted by atomic mass is 16.5. The first-order chi connectivity index (χ1) is 13.6. The average Bonchev–Trinajstić information content (AvgIpc) is 3.15. The standard InChI is InChI=1S/C19H29N7O2/c1-12(2)18-14(5-4-7-28-18)23-16-9-17(21-11-20-16)26-6-8-27-15(10-26)19-22-13(3)24-25-19/h9,11-12,14-15,18H,4-8,10H2,1-3H3,(H,20,21,23)(H,22,24,25). The highest BCUT2D eigenvalue weighted by molar-refractivity contribution is 5.49. The highest BCUT2D eigenvalue weighted by Crippen LogP contribution is 2.26. The van der Waals surface area contributed by atoms with Crippen molar-refractivity contribution in [3.8, 4) is 0 Å². The Hall–Kier alpha value is -2.26. The number of aryl methyl sites for hydroxylation is 1. The van der Waals surface area contributed by atoms with E-state index < -0.39 is 0 Å². The van der Waals surface area contributed by atoms with Gasteiger partial charge in [-0.2, -0.15) is 5.10 Å². The molecule has 2 aromatic rings. The minimum Gasteiger partial charge on any atom is -0.376 e. The normalized spacial score (nSPS) is 25.9. The third-order valence-electron chi connectivity index (χ3n) is 5.30. The molecule has 2 fully saturated rings. The summed E-state index contributed by atoms with van der Waals surface area (Å²) in [7, 11) is 0. The van der Waals surface area contributed by atoms with Crippen LogP contribution in [0.3, 0.4) is 0 Å². The molecule has 2 N–H and O–H groups in total. The van der Waals surface area contributed by atoms with Crippen LogP contribution in [0.1, 0.15) is 44.4 Å². The first-order valence-corrected chi connectivity index (χ1v) is 10.1. The average molecular weight is 387 g/mol. The zero-order valence-electron chi connectivity index (χ0n) is 16.8. The lowest BCUT2D eigenvalue weighted by Gasteiger charge is -2.35. The molecule has 2 aliphatic heterocycles. The van der Waals surface area contributed by atoms with E-state index in [0.29, 0.717) is 24.9 Å². The van der Waals surface area contributed by atoms with E-state index in [4.69, 9.17) is 9.47 Å². The van der Waals surface area contributed by atoms with Gasteiger partial charge in [0.25, 0.3) is 0 Å². The largest absolute Gasteiger partial charge is 0.376 e. The monoisotopic (exact) mass is 387 g/mol. The van der Waals surface area contributed by atoms with Crippen molar-refractivity contribution in [2.45, 2.75) is 51.9 Å². The van der Waals surface area contributed by atoms with Gasteiger partial charge < -0.3 is 19.7 Å². The van der Waals surface area contributed by atoms with Crippen molar-refractivity contribution in [1.29, 1.82) is 0 Å². The molecule has 0 bridgehead atoms. The van der Waals surface area contributed by atoms with Gasteiger partial charge in [0.2, 0.25) is 0 Å². The van der Waals surface area contributed by atoms with Crippen LogP contribution in [0.4, 0.5) is 11.6 Å². The number of aromatic nitrogens is 5. The van der Waals surface area contributed by atoms with Crippen LogP contribution in [-0.2, 0) is 9.47 Å². The maximum Gasteiger partial charge on any atom is 0.181 e. The second-order valence-corrected chi connectivity index (χ2v) is 7.82. The number of rotatable bonds is 5. The van der Waals surface area contributed by atoms with Gasteiger partial charge in [0.1, 0.15) is 29.9 Å². The second-order valence-electron chi connectivity index (χ2n) is 7.82. The van der Waals surface area contributed by atoms with E-state index in [1.54, 1.807) is 6.33 Å². The van der Waals surface area contributed by atoms with E-state index in [1.165, 1.54) is 0 Å². The summed E-state index contributed by atoms with van der Waals surface area (Å²) in [6.07, 6.45) is 3.81. The van der Waals surface area contributed by atoms with Crippen LogP contribution in [0.5, 0.6) is 0 Å². The molecular weight excluding hydrogens is 358 g/mol. The summed E-state index contributed by atoms with van der Waals surface area (Å²) in [5.41, 5.74) is 0. The summed E-state index contributed by atoms with van der Waals surface area (Å²) >= 11 is 0. The number of ether oxygens (including phenoxy) is 2. The molecule has 0 saturated carbocycles. The van der Waals surface area contributed by atoms with Crippen LogP contribution in [-0.4, -0.2) is 63.6 Å². The number of morpholine rings is 1. The summed E-state index contributed by atoms with van der Waals surface area (Å²) in [5, 5.41) is 10.7. The van der Waals surface area contributed by atoms with Crippen LogP contribution in [0.2, 0.25) is 0 Å². The predicted molar refractivity (Wildman–Crippen MR) is 105 cm³/mol. The molecule has 0 spiro atoms. The molecule has 4 rings (SSSR count). The van der Waals surface area contributed by atoms with Gasteiger partial charge in [0.15, 0.2) is 5.82 Å². The zero-order valence-corrected chi connectivity index (χ0v) is 16.8. The molecule has 0 aliphatic carbocycles. The molecule has 152 valence electrons.